The molecule has 6 heteroatoms. The molecule has 0 radical (unpaired) electrons. The lowest BCUT2D eigenvalue weighted by molar-refractivity contribution is 0.102. The Labute approximate surface area is 156 Å². The molecular weight excluding hydrogens is 352 g/mol. The minimum atomic E-state index is -0.226. The normalized spacial score (nSPS) is 10.3. The smallest absolute Gasteiger partial charge is 0.255 e. The van der Waals surface area contributed by atoms with Crippen LogP contribution in [-0.4, -0.2) is 25.1 Å². The number of pyridine rings is 1. The number of hydrogen-bond acceptors (Lipinski definition) is 4. The monoisotopic (exact) mass is 368 g/mol. The second-order valence-electron chi connectivity index (χ2n) is 5.44. The number of hydrogen-bond donors (Lipinski definition) is 1. The van der Waals surface area contributed by atoms with Crippen LogP contribution < -0.4 is 14.8 Å². The van der Waals surface area contributed by atoms with Crippen LogP contribution in [0.1, 0.15) is 10.4 Å². The highest BCUT2D eigenvalue weighted by Crippen LogP contribution is 2.30. The molecule has 0 bridgehead atoms. The zero-order valence-electron chi connectivity index (χ0n) is 14.3. The van der Waals surface area contributed by atoms with Crippen molar-refractivity contribution in [2.45, 2.75) is 0 Å². The fourth-order valence-electron chi connectivity index (χ4n) is 2.49. The van der Waals surface area contributed by atoms with Crippen LogP contribution in [0.25, 0.3) is 11.3 Å². The fraction of sp³-hybridized carbons (Fsp3) is 0.100. The summed E-state index contributed by atoms with van der Waals surface area (Å²) in [5.74, 6) is 0.920. The molecule has 132 valence electrons. The van der Waals surface area contributed by atoms with Gasteiger partial charge in [0.2, 0.25) is 0 Å². The molecule has 0 spiro atoms. The first-order valence-electron chi connectivity index (χ1n) is 7.86. The van der Waals surface area contributed by atoms with Gasteiger partial charge >= 0.3 is 0 Å². The minimum absolute atomic E-state index is 0.226. The topological polar surface area (TPSA) is 60.5 Å². The van der Waals surface area contributed by atoms with Gasteiger partial charge in [-0.15, -0.1) is 0 Å². The molecule has 1 amide bonds. The number of nitrogens with one attached hydrogen (secondary N) is 1. The first-order chi connectivity index (χ1) is 12.6. The van der Waals surface area contributed by atoms with Crippen molar-refractivity contribution >= 4 is 23.2 Å². The Kier molecular flexibility index (Phi) is 5.39. The van der Waals surface area contributed by atoms with Crippen LogP contribution in [0.2, 0.25) is 5.02 Å². The Bertz CT molecular complexity index is 927. The summed E-state index contributed by atoms with van der Waals surface area (Å²) in [6.45, 7) is 0. The average molecular weight is 369 g/mol. The molecule has 0 saturated carbocycles. The van der Waals surface area contributed by atoms with Gasteiger partial charge in [0.25, 0.3) is 5.91 Å². The molecule has 0 atom stereocenters. The molecule has 1 N–H and O–H groups in total. The summed E-state index contributed by atoms with van der Waals surface area (Å²) in [6, 6.07) is 15.8. The number of rotatable bonds is 5. The van der Waals surface area contributed by atoms with Crippen LogP contribution in [0.3, 0.4) is 0 Å². The highest BCUT2D eigenvalue weighted by Gasteiger charge is 2.10. The van der Waals surface area contributed by atoms with Crippen molar-refractivity contribution in [3.8, 4) is 22.8 Å². The van der Waals surface area contributed by atoms with Gasteiger partial charge in [-0.05, 0) is 36.4 Å². The van der Waals surface area contributed by atoms with Crippen molar-refractivity contribution in [3.05, 3.63) is 71.4 Å². The molecule has 0 aliphatic rings. The molecule has 0 aliphatic heterocycles. The second kappa shape index (κ2) is 7.89. The van der Waals surface area contributed by atoms with Crippen molar-refractivity contribution in [1.82, 2.24) is 4.98 Å². The summed E-state index contributed by atoms with van der Waals surface area (Å²) in [4.78, 5) is 16.7. The molecular formula is C20H17ClN2O3. The third-order valence-corrected chi connectivity index (χ3v) is 4.13. The summed E-state index contributed by atoms with van der Waals surface area (Å²) in [7, 11) is 3.11. The Balaban J connectivity index is 1.77. The van der Waals surface area contributed by atoms with E-state index in [1.54, 1.807) is 62.9 Å². The van der Waals surface area contributed by atoms with Crippen LogP contribution in [0.5, 0.6) is 11.5 Å². The third kappa shape index (κ3) is 3.78. The van der Waals surface area contributed by atoms with Gasteiger partial charge < -0.3 is 14.8 Å². The van der Waals surface area contributed by atoms with E-state index in [9.17, 15) is 4.79 Å². The largest absolute Gasteiger partial charge is 0.493 e. The number of aromatic nitrogens is 1. The summed E-state index contributed by atoms with van der Waals surface area (Å²) >= 11 is 6.16. The molecule has 2 aromatic carbocycles. The van der Waals surface area contributed by atoms with Gasteiger partial charge in [0, 0.05) is 29.1 Å². The van der Waals surface area contributed by atoms with E-state index in [4.69, 9.17) is 21.1 Å². The van der Waals surface area contributed by atoms with Crippen LogP contribution in [-0.2, 0) is 0 Å². The van der Waals surface area contributed by atoms with Crippen LogP contribution in [0, 0.1) is 0 Å². The predicted molar refractivity (Wildman–Crippen MR) is 102 cm³/mol. The third-order valence-electron chi connectivity index (χ3n) is 3.82. The van der Waals surface area contributed by atoms with Crippen molar-refractivity contribution < 1.29 is 14.3 Å². The molecule has 3 rings (SSSR count). The molecule has 0 unspecified atom stereocenters. The van der Waals surface area contributed by atoms with Gasteiger partial charge in [0.15, 0.2) is 11.5 Å². The number of benzene rings is 2. The van der Waals surface area contributed by atoms with Gasteiger partial charge in [-0.1, -0.05) is 23.7 Å². The Morgan fingerprint density at radius 3 is 2.38 bits per heavy atom. The second-order valence-corrected chi connectivity index (χ2v) is 5.84. The summed E-state index contributed by atoms with van der Waals surface area (Å²) in [5.41, 5.74) is 2.67. The number of methoxy groups -OCH3 is 2. The molecule has 0 saturated heterocycles. The number of carbonyl (C=O) groups is 1. The number of carbonyl (C=O) groups excluding carboxylic acids is 1. The number of amides is 1. The molecule has 0 aliphatic carbocycles. The van der Waals surface area contributed by atoms with Crippen LogP contribution in [0.4, 0.5) is 5.69 Å². The zero-order valence-corrected chi connectivity index (χ0v) is 15.1. The van der Waals surface area contributed by atoms with Crippen molar-refractivity contribution in [2.24, 2.45) is 0 Å². The summed E-state index contributed by atoms with van der Waals surface area (Å²) in [6.07, 6.45) is 1.68. The van der Waals surface area contributed by atoms with E-state index >= 15 is 0 Å². The van der Waals surface area contributed by atoms with Crippen LogP contribution >= 0.6 is 11.6 Å². The van der Waals surface area contributed by atoms with Gasteiger partial charge in [-0.2, -0.15) is 0 Å². The highest BCUT2D eigenvalue weighted by molar-refractivity contribution is 6.33. The lowest BCUT2D eigenvalue weighted by Crippen LogP contribution is -2.11. The molecule has 1 aromatic heterocycles. The number of nitrogens with zero attached hydrogens (tertiary/aromatic N) is 1. The Morgan fingerprint density at radius 1 is 1.00 bits per heavy atom. The molecule has 3 aromatic rings. The Morgan fingerprint density at radius 2 is 1.73 bits per heavy atom. The molecule has 5 nitrogen and oxygen atoms in total. The maximum Gasteiger partial charge on any atom is 0.255 e. The summed E-state index contributed by atoms with van der Waals surface area (Å²) < 4.78 is 10.4. The summed E-state index contributed by atoms with van der Waals surface area (Å²) in [5, 5.41) is 3.40. The molecule has 0 fully saturated rings. The van der Waals surface area contributed by atoms with Gasteiger partial charge in [0.1, 0.15) is 0 Å². The van der Waals surface area contributed by atoms with Gasteiger partial charge in [0.05, 0.1) is 24.9 Å². The van der Waals surface area contributed by atoms with Crippen molar-refractivity contribution in [3.63, 3.8) is 0 Å². The van der Waals surface area contributed by atoms with E-state index in [2.05, 4.69) is 10.3 Å². The van der Waals surface area contributed by atoms with Gasteiger partial charge in [-0.25, -0.2) is 0 Å². The standard InChI is InChI=1S/C20H17ClN2O3/c1-25-17-10-9-15(12-18(17)26-2)23-20(24)14-7-5-13(6-8-14)19-16(21)4-3-11-22-19/h3-12H,1-2H3,(H,23,24). The van der Waals surface area contributed by atoms with Crippen LogP contribution in [0.15, 0.2) is 60.8 Å². The van der Waals surface area contributed by atoms with Crippen molar-refractivity contribution in [1.29, 1.82) is 0 Å². The van der Waals surface area contributed by atoms with Crippen molar-refractivity contribution in [2.75, 3.05) is 19.5 Å². The highest BCUT2D eigenvalue weighted by atomic mass is 35.5. The first-order valence-corrected chi connectivity index (χ1v) is 8.24. The maximum atomic E-state index is 12.5. The zero-order chi connectivity index (χ0) is 18.5. The van der Waals surface area contributed by atoms with E-state index in [1.807, 2.05) is 12.1 Å². The number of halogens is 1. The predicted octanol–water partition coefficient (Wildman–Crippen LogP) is 4.67. The lowest BCUT2D eigenvalue weighted by atomic mass is 10.1. The number of ether oxygens (including phenoxy) is 2. The van der Waals surface area contributed by atoms with E-state index in [0.717, 1.165) is 5.56 Å². The SMILES string of the molecule is COc1ccc(NC(=O)c2ccc(-c3ncccc3Cl)cc2)cc1OC. The fourth-order valence-corrected chi connectivity index (χ4v) is 2.73. The maximum absolute atomic E-state index is 12.5. The Hall–Kier alpha value is -3.05. The van der Waals surface area contributed by atoms with Gasteiger partial charge in [-0.3, -0.25) is 9.78 Å². The minimum Gasteiger partial charge on any atom is -0.493 e. The number of anilines is 1. The first kappa shape index (κ1) is 17.8. The molecule has 26 heavy (non-hydrogen) atoms. The van der Waals surface area contributed by atoms with E-state index in [1.165, 1.54) is 0 Å². The molecule has 1 heterocycles. The van der Waals surface area contributed by atoms with E-state index < -0.39 is 0 Å². The van der Waals surface area contributed by atoms with E-state index in [-0.39, 0.29) is 5.91 Å². The average Bonchev–Trinajstić information content (AvgIpc) is 2.68. The lowest BCUT2D eigenvalue weighted by Gasteiger charge is -2.11. The quantitative estimate of drug-likeness (QED) is 0.710. The van der Waals surface area contributed by atoms with E-state index in [0.29, 0.717) is 33.5 Å².